The number of aliphatic hydroxyl groups excluding tert-OH is 1. The van der Waals surface area contributed by atoms with Gasteiger partial charge in [-0.05, 0) is 19.1 Å². The molecule has 0 aliphatic rings. The van der Waals surface area contributed by atoms with Crippen molar-refractivity contribution in [2.45, 2.75) is 19.4 Å². The fourth-order valence-electron chi connectivity index (χ4n) is 1.25. The van der Waals surface area contributed by atoms with E-state index in [1.165, 1.54) is 19.2 Å². The van der Waals surface area contributed by atoms with Crippen LogP contribution < -0.4 is 9.47 Å². The number of aliphatic hydroxyl groups is 1. The van der Waals surface area contributed by atoms with E-state index < -0.39 is 11.0 Å². The van der Waals surface area contributed by atoms with Crippen molar-refractivity contribution >= 4 is 5.69 Å². The van der Waals surface area contributed by atoms with Crippen LogP contribution in [0.3, 0.4) is 0 Å². The average molecular weight is 241 g/mol. The van der Waals surface area contributed by atoms with E-state index in [1.807, 2.05) is 0 Å². The standard InChI is InChI=1S/C11H15NO5/c1-8(13)5-6-17-9-3-4-11(16-2)10(7-9)12(14)15/h3-4,7-8,13H,5-6H2,1-2H3. The molecule has 0 aromatic heterocycles. The molecule has 1 aromatic rings. The van der Waals surface area contributed by atoms with Gasteiger partial charge in [0.2, 0.25) is 0 Å². The van der Waals surface area contributed by atoms with Gasteiger partial charge in [-0.1, -0.05) is 0 Å². The maximum atomic E-state index is 10.7. The van der Waals surface area contributed by atoms with Gasteiger partial charge in [0.25, 0.3) is 0 Å². The lowest BCUT2D eigenvalue weighted by Gasteiger charge is -2.08. The fourth-order valence-corrected chi connectivity index (χ4v) is 1.25. The summed E-state index contributed by atoms with van der Waals surface area (Å²) in [5, 5.41) is 19.8. The van der Waals surface area contributed by atoms with Crippen LogP contribution in [0.25, 0.3) is 0 Å². The molecular formula is C11H15NO5. The topological polar surface area (TPSA) is 81.8 Å². The number of hydrogen-bond acceptors (Lipinski definition) is 5. The van der Waals surface area contributed by atoms with Gasteiger partial charge < -0.3 is 14.6 Å². The molecule has 6 heteroatoms. The molecule has 94 valence electrons. The average Bonchev–Trinajstić information content (AvgIpc) is 2.28. The number of nitro groups is 1. The summed E-state index contributed by atoms with van der Waals surface area (Å²) in [7, 11) is 1.37. The number of hydrogen-bond donors (Lipinski definition) is 1. The van der Waals surface area contributed by atoms with E-state index in [0.29, 0.717) is 18.8 Å². The van der Waals surface area contributed by atoms with Crippen molar-refractivity contribution in [3.8, 4) is 11.5 Å². The van der Waals surface area contributed by atoms with Gasteiger partial charge in [0, 0.05) is 6.42 Å². The monoisotopic (exact) mass is 241 g/mol. The second-order valence-corrected chi connectivity index (χ2v) is 3.58. The highest BCUT2D eigenvalue weighted by Gasteiger charge is 2.15. The van der Waals surface area contributed by atoms with Gasteiger partial charge in [-0.2, -0.15) is 0 Å². The van der Waals surface area contributed by atoms with Crippen molar-refractivity contribution in [3.63, 3.8) is 0 Å². The SMILES string of the molecule is COc1ccc(OCCC(C)O)cc1[N+](=O)[O-]. The molecule has 0 saturated heterocycles. The van der Waals surface area contributed by atoms with E-state index in [1.54, 1.807) is 13.0 Å². The first-order valence-electron chi connectivity index (χ1n) is 5.18. The molecule has 6 nitrogen and oxygen atoms in total. The third-order valence-electron chi connectivity index (χ3n) is 2.15. The fraction of sp³-hybridized carbons (Fsp3) is 0.455. The van der Waals surface area contributed by atoms with E-state index >= 15 is 0 Å². The Morgan fingerprint density at radius 1 is 1.53 bits per heavy atom. The van der Waals surface area contributed by atoms with Crippen LogP contribution in [0.4, 0.5) is 5.69 Å². The number of rotatable bonds is 6. The van der Waals surface area contributed by atoms with Crippen molar-refractivity contribution in [1.82, 2.24) is 0 Å². The third kappa shape index (κ3) is 3.92. The van der Waals surface area contributed by atoms with Gasteiger partial charge in [0.1, 0.15) is 5.75 Å². The molecule has 1 rings (SSSR count). The van der Waals surface area contributed by atoms with Crippen molar-refractivity contribution in [3.05, 3.63) is 28.3 Å². The minimum atomic E-state index is -0.527. The van der Waals surface area contributed by atoms with E-state index in [9.17, 15) is 10.1 Å². The molecule has 0 aliphatic heterocycles. The summed E-state index contributed by atoms with van der Waals surface area (Å²) in [4.78, 5) is 10.2. The molecule has 1 N–H and O–H groups in total. The predicted octanol–water partition coefficient (Wildman–Crippen LogP) is 1.75. The summed E-state index contributed by atoms with van der Waals surface area (Å²) in [6.07, 6.45) is 0.0167. The van der Waals surface area contributed by atoms with Gasteiger partial charge >= 0.3 is 5.69 Å². The Labute approximate surface area is 98.9 Å². The zero-order valence-corrected chi connectivity index (χ0v) is 9.75. The Bertz CT molecular complexity index is 391. The zero-order chi connectivity index (χ0) is 12.8. The summed E-state index contributed by atoms with van der Waals surface area (Å²) in [5.74, 6) is 0.580. The van der Waals surface area contributed by atoms with Crippen molar-refractivity contribution in [1.29, 1.82) is 0 Å². The Morgan fingerprint density at radius 2 is 2.24 bits per heavy atom. The molecule has 0 amide bonds. The molecule has 0 bridgehead atoms. The minimum Gasteiger partial charge on any atom is -0.493 e. The number of nitro benzene ring substituents is 1. The van der Waals surface area contributed by atoms with Crippen LogP contribution in [0.1, 0.15) is 13.3 Å². The van der Waals surface area contributed by atoms with Crippen LogP contribution in [0.5, 0.6) is 11.5 Å². The van der Waals surface area contributed by atoms with Crippen LogP contribution in [0.2, 0.25) is 0 Å². The molecule has 0 spiro atoms. The zero-order valence-electron chi connectivity index (χ0n) is 9.75. The Balaban J connectivity index is 2.74. The van der Waals surface area contributed by atoms with Crippen LogP contribution in [0, 0.1) is 10.1 Å². The number of methoxy groups -OCH3 is 1. The van der Waals surface area contributed by atoms with Crippen molar-refractivity contribution in [2.75, 3.05) is 13.7 Å². The molecule has 1 unspecified atom stereocenters. The first-order valence-corrected chi connectivity index (χ1v) is 5.18. The maximum absolute atomic E-state index is 10.7. The Hall–Kier alpha value is -1.82. The molecular weight excluding hydrogens is 226 g/mol. The molecule has 0 aliphatic carbocycles. The lowest BCUT2D eigenvalue weighted by atomic mass is 10.2. The highest BCUT2D eigenvalue weighted by atomic mass is 16.6. The normalized spacial score (nSPS) is 11.9. The quantitative estimate of drug-likeness (QED) is 0.606. The highest BCUT2D eigenvalue weighted by Crippen LogP contribution is 2.30. The highest BCUT2D eigenvalue weighted by molar-refractivity contribution is 5.50. The van der Waals surface area contributed by atoms with E-state index in [4.69, 9.17) is 14.6 Å². The molecule has 0 radical (unpaired) electrons. The number of ether oxygens (including phenoxy) is 2. The summed E-state index contributed by atoms with van der Waals surface area (Å²) in [5.41, 5.74) is -0.137. The minimum absolute atomic E-state index is 0.137. The summed E-state index contributed by atoms with van der Waals surface area (Å²) in [6.45, 7) is 1.96. The summed E-state index contributed by atoms with van der Waals surface area (Å²) in [6, 6.07) is 4.38. The van der Waals surface area contributed by atoms with Crippen LogP contribution in [0.15, 0.2) is 18.2 Å². The number of benzene rings is 1. The summed E-state index contributed by atoms with van der Waals surface area (Å²) >= 11 is 0. The van der Waals surface area contributed by atoms with Gasteiger partial charge in [0.15, 0.2) is 5.75 Å². The predicted molar refractivity (Wildman–Crippen MR) is 61.4 cm³/mol. The van der Waals surface area contributed by atoms with Crippen LogP contribution in [-0.4, -0.2) is 29.9 Å². The maximum Gasteiger partial charge on any atom is 0.314 e. The van der Waals surface area contributed by atoms with E-state index in [0.717, 1.165) is 0 Å². The first kappa shape index (κ1) is 13.2. The molecule has 0 fully saturated rings. The van der Waals surface area contributed by atoms with Gasteiger partial charge in [-0.15, -0.1) is 0 Å². The lowest BCUT2D eigenvalue weighted by Crippen LogP contribution is -2.07. The van der Waals surface area contributed by atoms with E-state index in [-0.39, 0.29) is 11.4 Å². The van der Waals surface area contributed by atoms with Crippen LogP contribution in [-0.2, 0) is 0 Å². The Morgan fingerprint density at radius 3 is 2.76 bits per heavy atom. The van der Waals surface area contributed by atoms with E-state index in [2.05, 4.69) is 0 Å². The molecule has 17 heavy (non-hydrogen) atoms. The molecule has 1 atom stereocenters. The van der Waals surface area contributed by atoms with Gasteiger partial charge in [-0.3, -0.25) is 10.1 Å². The van der Waals surface area contributed by atoms with Crippen molar-refractivity contribution < 1.29 is 19.5 Å². The van der Waals surface area contributed by atoms with Gasteiger partial charge in [-0.25, -0.2) is 0 Å². The van der Waals surface area contributed by atoms with Crippen molar-refractivity contribution in [2.24, 2.45) is 0 Å². The smallest absolute Gasteiger partial charge is 0.314 e. The number of nitrogens with zero attached hydrogens (tertiary/aromatic N) is 1. The van der Waals surface area contributed by atoms with Crippen LogP contribution >= 0.6 is 0 Å². The van der Waals surface area contributed by atoms with Gasteiger partial charge in [0.05, 0.1) is 30.8 Å². The molecule has 0 saturated carbocycles. The largest absolute Gasteiger partial charge is 0.493 e. The Kier molecular flexibility index (Phi) is 4.71. The summed E-state index contributed by atoms with van der Waals surface area (Å²) < 4.78 is 10.2. The molecule has 0 heterocycles. The third-order valence-corrected chi connectivity index (χ3v) is 2.15. The second-order valence-electron chi connectivity index (χ2n) is 3.58. The lowest BCUT2D eigenvalue weighted by molar-refractivity contribution is -0.385. The molecule has 1 aromatic carbocycles. The first-order chi connectivity index (χ1) is 8.04. The second kappa shape index (κ2) is 6.05.